The lowest BCUT2D eigenvalue weighted by atomic mass is 10.2. The van der Waals surface area contributed by atoms with Crippen molar-refractivity contribution in [2.45, 2.75) is 13.8 Å². The summed E-state index contributed by atoms with van der Waals surface area (Å²) in [5.41, 5.74) is 1.48. The maximum absolute atomic E-state index is 12.0. The van der Waals surface area contributed by atoms with E-state index in [1.54, 1.807) is 18.2 Å². The first-order valence-electron chi connectivity index (χ1n) is 5.18. The average Bonchev–Trinajstić information content (AvgIpc) is 2.61. The zero-order chi connectivity index (χ0) is 13.3. The monoisotopic (exact) mass is 344 g/mol. The third-order valence-corrected chi connectivity index (χ3v) is 4.63. The Morgan fingerprint density at radius 3 is 2.72 bits per heavy atom. The first-order valence-corrected chi connectivity index (χ1v) is 7.16. The van der Waals surface area contributed by atoms with Gasteiger partial charge in [0.05, 0.1) is 10.7 Å². The number of anilines is 1. The predicted octanol–water partition coefficient (Wildman–Crippen LogP) is 4.43. The molecule has 0 saturated carbocycles. The standard InChI is InChI=1S/C12H10BrClN2OS/c1-6-7(2)18-12(15-6)16-11(17)8-3-4-10(14)9(13)5-8/h3-5H,1-2H3,(H,15,16,17). The number of aromatic nitrogens is 1. The van der Waals surface area contributed by atoms with Crippen LogP contribution in [0.25, 0.3) is 0 Å². The van der Waals surface area contributed by atoms with Crippen LogP contribution in [0.4, 0.5) is 5.13 Å². The van der Waals surface area contributed by atoms with E-state index >= 15 is 0 Å². The van der Waals surface area contributed by atoms with Crippen molar-refractivity contribution in [2.24, 2.45) is 0 Å². The van der Waals surface area contributed by atoms with Gasteiger partial charge < -0.3 is 0 Å². The van der Waals surface area contributed by atoms with Gasteiger partial charge in [0, 0.05) is 14.9 Å². The van der Waals surface area contributed by atoms with Gasteiger partial charge in [-0.3, -0.25) is 10.1 Å². The molecule has 2 rings (SSSR count). The molecular weight excluding hydrogens is 336 g/mol. The van der Waals surface area contributed by atoms with E-state index in [1.807, 2.05) is 13.8 Å². The SMILES string of the molecule is Cc1nc(NC(=O)c2ccc(Cl)c(Br)c2)sc1C. The van der Waals surface area contributed by atoms with Gasteiger partial charge >= 0.3 is 0 Å². The lowest BCUT2D eigenvalue weighted by Gasteiger charge is -2.03. The highest BCUT2D eigenvalue weighted by atomic mass is 79.9. The quantitative estimate of drug-likeness (QED) is 0.875. The van der Waals surface area contributed by atoms with Gasteiger partial charge in [0.15, 0.2) is 5.13 Å². The second kappa shape index (κ2) is 5.38. The third kappa shape index (κ3) is 2.91. The van der Waals surface area contributed by atoms with Crippen LogP contribution < -0.4 is 5.32 Å². The van der Waals surface area contributed by atoms with Crippen LogP contribution in [0.3, 0.4) is 0 Å². The fourth-order valence-electron chi connectivity index (χ4n) is 1.33. The van der Waals surface area contributed by atoms with Crippen LogP contribution in [0, 0.1) is 13.8 Å². The molecule has 0 aliphatic rings. The molecule has 0 atom stereocenters. The Kier molecular flexibility index (Phi) is 4.04. The van der Waals surface area contributed by atoms with E-state index in [0.29, 0.717) is 20.2 Å². The van der Waals surface area contributed by atoms with Crippen LogP contribution in [0.1, 0.15) is 20.9 Å². The highest BCUT2D eigenvalue weighted by molar-refractivity contribution is 9.10. The summed E-state index contributed by atoms with van der Waals surface area (Å²) < 4.78 is 0.698. The van der Waals surface area contributed by atoms with Gasteiger partial charge in [0.1, 0.15) is 0 Å². The summed E-state index contributed by atoms with van der Waals surface area (Å²) in [6, 6.07) is 5.04. The zero-order valence-electron chi connectivity index (χ0n) is 9.75. The number of hydrogen-bond acceptors (Lipinski definition) is 3. The zero-order valence-corrected chi connectivity index (χ0v) is 12.9. The smallest absolute Gasteiger partial charge is 0.257 e. The van der Waals surface area contributed by atoms with Crippen molar-refractivity contribution in [3.8, 4) is 0 Å². The predicted molar refractivity (Wildman–Crippen MR) is 78.7 cm³/mol. The molecule has 0 radical (unpaired) electrons. The van der Waals surface area contributed by atoms with Crippen molar-refractivity contribution in [3.05, 3.63) is 43.8 Å². The van der Waals surface area contributed by atoms with Crippen molar-refractivity contribution in [3.63, 3.8) is 0 Å². The van der Waals surface area contributed by atoms with Crippen molar-refractivity contribution < 1.29 is 4.79 Å². The number of nitrogens with zero attached hydrogens (tertiary/aromatic N) is 1. The maximum atomic E-state index is 12.0. The number of aryl methyl sites for hydroxylation is 2. The average molecular weight is 346 g/mol. The number of amides is 1. The highest BCUT2D eigenvalue weighted by Gasteiger charge is 2.11. The molecule has 1 aromatic heterocycles. The second-order valence-electron chi connectivity index (χ2n) is 3.74. The van der Waals surface area contributed by atoms with Gasteiger partial charge in [0.2, 0.25) is 0 Å². The van der Waals surface area contributed by atoms with Crippen LogP contribution in [-0.2, 0) is 0 Å². The largest absolute Gasteiger partial charge is 0.298 e. The lowest BCUT2D eigenvalue weighted by Crippen LogP contribution is -2.11. The normalized spacial score (nSPS) is 10.4. The number of carbonyl (C=O) groups is 1. The van der Waals surface area contributed by atoms with Gasteiger partial charge in [-0.05, 0) is 48.0 Å². The minimum absolute atomic E-state index is 0.193. The van der Waals surface area contributed by atoms with E-state index in [0.717, 1.165) is 10.6 Å². The van der Waals surface area contributed by atoms with Crippen molar-refractivity contribution in [1.29, 1.82) is 0 Å². The van der Waals surface area contributed by atoms with Gasteiger partial charge in [0.25, 0.3) is 5.91 Å². The molecule has 0 bridgehead atoms. The first kappa shape index (κ1) is 13.5. The summed E-state index contributed by atoms with van der Waals surface area (Å²) in [7, 11) is 0. The molecule has 1 amide bonds. The van der Waals surface area contributed by atoms with E-state index < -0.39 is 0 Å². The molecule has 0 aliphatic carbocycles. The number of carbonyl (C=O) groups excluding carboxylic acids is 1. The molecule has 0 saturated heterocycles. The number of hydrogen-bond donors (Lipinski definition) is 1. The number of benzene rings is 1. The molecule has 3 nitrogen and oxygen atoms in total. The Balaban J connectivity index is 2.19. The molecule has 0 aliphatic heterocycles. The minimum atomic E-state index is -0.193. The van der Waals surface area contributed by atoms with Crippen molar-refractivity contribution >= 4 is 49.9 Å². The first-order chi connectivity index (χ1) is 8.47. The topological polar surface area (TPSA) is 42.0 Å². The number of rotatable bonds is 2. The Morgan fingerprint density at radius 1 is 1.44 bits per heavy atom. The van der Waals surface area contributed by atoms with Gasteiger partial charge in [-0.1, -0.05) is 11.6 Å². The molecule has 1 N–H and O–H groups in total. The van der Waals surface area contributed by atoms with Gasteiger partial charge in [-0.15, -0.1) is 11.3 Å². The van der Waals surface area contributed by atoms with E-state index in [-0.39, 0.29) is 5.91 Å². The van der Waals surface area contributed by atoms with Gasteiger partial charge in [-0.25, -0.2) is 4.98 Å². The van der Waals surface area contributed by atoms with Crippen LogP contribution in [-0.4, -0.2) is 10.9 Å². The molecule has 18 heavy (non-hydrogen) atoms. The van der Waals surface area contributed by atoms with Crippen LogP contribution in [0.5, 0.6) is 0 Å². The third-order valence-electron chi connectivity index (χ3n) is 2.43. The van der Waals surface area contributed by atoms with Crippen LogP contribution >= 0.6 is 38.9 Å². The molecular formula is C12H10BrClN2OS. The number of nitrogens with one attached hydrogen (secondary N) is 1. The van der Waals surface area contributed by atoms with Crippen molar-refractivity contribution in [2.75, 3.05) is 5.32 Å². The molecule has 6 heteroatoms. The fourth-order valence-corrected chi connectivity index (χ4v) is 2.64. The van der Waals surface area contributed by atoms with Crippen LogP contribution in [0.2, 0.25) is 5.02 Å². The van der Waals surface area contributed by atoms with E-state index in [2.05, 4.69) is 26.2 Å². The van der Waals surface area contributed by atoms with Gasteiger partial charge in [-0.2, -0.15) is 0 Å². The molecule has 0 fully saturated rings. The highest BCUT2D eigenvalue weighted by Crippen LogP contribution is 2.25. The summed E-state index contributed by atoms with van der Waals surface area (Å²) in [6.07, 6.45) is 0. The van der Waals surface area contributed by atoms with E-state index in [9.17, 15) is 4.79 Å². The van der Waals surface area contributed by atoms with E-state index in [4.69, 9.17) is 11.6 Å². The minimum Gasteiger partial charge on any atom is -0.298 e. The Bertz CT molecular complexity index is 593. The lowest BCUT2D eigenvalue weighted by molar-refractivity contribution is 0.102. The Morgan fingerprint density at radius 2 is 2.17 bits per heavy atom. The second-order valence-corrected chi connectivity index (χ2v) is 6.21. The number of halogens is 2. The summed E-state index contributed by atoms with van der Waals surface area (Å²) in [5.74, 6) is -0.193. The maximum Gasteiger partial charge on any atom is 0.257 e. The molecule has 1 heterocycles. The number of thiazole rings is 1. The summed E-state index contributed by atoms with van der Waals surface area (Å²) in [4.78, 5) is 17.4. The molecule has 0 unspecified atom stereocenters. The summed E-state index contributed by atoms with van der Waals surface area (Å²) in [5, 5.41) is 3.96. The van der Waals surface area contributed by atoms with Crippen molar-refractivity contribution in [1.82, 2.24) is 4.98 Å². The molecule has 1 aromatic carbocycles. The summed E-state index contributed by atoms with van der Waals surface area (Å²) >= 11 is 10.6. The van der Waals surface area contributed by atoms with E-state index in [1.165, 1.54) is 11.3 Å². The van der Waals surface area contributed by atoms with Crippen LogP contribution in [0.15, 0.2) is 22.7 Å². The molecule has 2 aromatic rings. The molecule has 94 valence electrons. The summed E-state index contributed by atoms with van der Waals surface area (Å²) in [6.45, 7) is 3.89. The Hall–Kier alpha value is -0.910. The fraction of sp³-hybridized carbons (Fsp3) is 0.167. The Labute approximate surface area is 122 Å². The molecule has 0 spiro atoms.